The molecule has 2 N–H and O–H groups in total. The van der Waals surface area contributed by atoms with Gasteiger partial charge in [-0.15, -0.1) is 10.2 Å². The lowest BCUT2D eigenvalue weighted by atomic mass is 10.2. The summed E-state index contributed by atoms with van der Waals surface area (Å²) in [5.74, 6) is 1.33. The van der Waals surface area contributed by atoms with Crippen LogP contribution in [0.1, 0.15) is 19.4 Å². The average Bonchev–Trinajstić information content (AvgIpc) is 3.03. The Labute approximate surface area is 162 Å². The molecule has 1 amide bonds. The summed E-state index contributed by atoms with van der Waals surface area (Å²) in [5, 5.41) is 9.28. The van der Waals surface area contributed by atoms with Crippen molar-refractivity contribution in [2.45, 2.75) is 31.7 Å². The van der Waals surface area contributed by atoms with E-state index < -0.39 is 0 Å². The molecule has 0 atom stereocenters. The summed E-state index contributed by atoms with van der Waals surface area (Å²) in [6.45, 7) is 4.59. The van der Waals surface area contributed by atoms with Crippen molar-refractivity contribution in [2.75, 3.05) is 5.75 Å². The van der Waals surface area contributed by atoms with Crippen molar-refractivity contribution in [1.82, 2.24) is 14.8 Å². The lowest BCUT2D eigenvalue weighted by molar-refractivity contribution is -0.115. The van der Waals surface area contributed by atoms with E-state index in [9.17, 15) is 4.79 Å². The van der Waals surface area contributed by atoms with Crippen LogP contribution >= 0.6 is 11.8 Å². The lowest BCUT2D eigenvalue weighted by Crippen LogP contribution is -2.14. The zero-order valence-electron chi connectivity index (χ0n) is 15.3. The molecule has 1 heterocycles. The van der Waals surface area contributed by atoms with Gasteiger partial charge in [0.05, 0.1) is 18.4 Å². The number of nitrogens with zero attached hydrogens (tertiary/aromatic N) is 3. The van der Waals surface area contributed by atoms with Crippen LogP contribution in [0, 0.1) is 0 Å². The number of carbonyl (C=O) groups excluding carboxylic acids is 1. The molecule has 0 radical (unpaired) electrons. The van der Waals surface area contributed by atoms with E-state index in [1.807, 2.05) is 73.0 Å². The Morgan fingerprint density at radius 2 is 1.81 bits per heavy atom. The third-order valence-electron chi connectivity index (χ3n) is 3.73. The molecule has 6 nitrogen and oxygen atoms in total. The summed E-state index contributed by atoms with van der Waals surface area (Å²) >= 11 is 1.29. The number of hydrogen-bond acceptors (Lipinski definition) is 5. The van der Waals surface area contributed by atoms with E-state index in [2.05, 4.69) is 10.2 Å². The van der Waals surface area contributed by atoms with Crippen LogP contribution in [0.4, 0.5) is 0 Å². The van der Waals surface area contributed by atoms with Crippen molar-refractivity contribution in [3.8, 4) is 17.1 Å². The van der Waals surface area contributed by atoms with E-state index in [4.69, 9.17) is 10.5 Å². The van der Waals surface area contributed by atoms with Gasteiger partial charge in [0.15, 0.2) is 11.0 Å². The van der Waals surface area contributed by atoms with Crippen LogP contribution in [-0.4, -0.2) is 32.5 Å². The maximum absolute atomic E-state index is 11.2. The number of aromatic nitrogens is 3. The van der Waals surface area contributed by atoms with E-state index in [0.717, 1.165) is 22.7 Å². The van der Waals surface area contributed by atoms with Crippen molar-refractivity contribution in [3.05, 3.63) is 60.2 Å². The minimum atomic E-state index is -0.383. The zero-order chi connectivity index (χ0) is 19.2. The predicted molar refractivity (Wildman–Crippen MR) is 107 cm³/mol. The highest BCUT2D eigenvalue weighted by Crippen LogP contribution is 2.26. The largest absolute Gasteiger partial charge is 0.491 e. The normalized spacial score (nSPS) is 10.9. The molecule has 0 fully saturated rings. The molecule has 0 spiro atoms. The highest BCUT2D eigenvalue weighted by molar-refractivity contribution is 7.99. The molecule has 140 valence electrons. The Hall–Kier alpha value is -2.80. The van der Waals surface area contributed by atoms with E-state index in [1.165, 1.54) is 11.8 Å². The summed E-state index contributed by atoms with van der Waals surface area (Å²) in [6, 6.07) is 17.8. The van der Waals surface area contributed by atoms with E-state index in [0.29, 0.717) is 11.7 Å². The molecule has 2 aromatic carbocycles. The van der Waals surface area contributed by atoms with Gasteiger partial charge >= 0.3 is 0 Å². The zero-order valence-corrected chi connectivity index (χ0v) is 16.1. The Balaban J connectivity index is 1.92. The highest BCUT2D eigenvalue weighted by Gasteiger charge is 2.16. The fourth-order valence-electron chi connectivity index (χ4n) is 2.61. The second-order valence-electron chi connectivity index (χ2n) is 6.32. The van der Waals surface area contributed by atoms with Crippen molar-refractivity contribution in [2.24, 2.45) is 5.73 Å². The second kappa shape index (κ2) is 8.73. The first-order valence-corrected chi connectivity index (χ1v) is 9.67. The number of amides is 1. The SMILES string of the molecule is CC(C)Oc1ccc(-c2nnc(SCC(N)=O)n2Cc2ccccc2)cc1. The van der Waals surface area contributed by atoms with Crippen LogP contribution in [0.2, 0.25) is 0 Å². The molecule has 0 bridgehead atoms. The summed E-state index contributed by atoms with van der Waals surface area (Å²) in [4.78, 5) is 11.2. The lowest BCUT2D eigenvalue weighted by Gasteiger charge is -2.12. The first kappa shape index (κ1) is 19.0. The van der Waals surface area contributed by atoms with Crippen molar-refractivity contribution < 1.29 is 9.53 Å². The minimum Gasteiger partial charge on any atom is -0.491 e. The average molecular weight is 382 g/mol. The van der Waals surface area contributed by atoms with Crippen LogP contribution in [0.15, 0.2) is 59.8 Å². The summed E-state index contributed by atoms with van der Waals surface area (Å²) in [7, 11) is 0. The molecule has 0 unspecified atom stereocenters. The maximum atomic E-state index is 11.2. The van der Waals surface area contributed by atoms with Gasteiger partial charge in [-0.3, -0.25) is 9.36 Å². The summed E-state index contributed by atoms with van der Waals surface area (Å²) in [6.07, 6.45) is 0.120. The van der Waals surface area contributed by atoms with Gasteiger partial charge in [-0.25, -0.2) is 0 Å². The molecule has 0 aliphatic rings. The molecule has 1 aromatic heterocycles. The van der Waals surface area contributed by atoms with Crippen LogP contribution in [-0.2, 0) is 11.3 Å². The Morgan fingerprint density at radius 1 is 1.11 bits per heavy atom. The van der Waals surface area contributed by atoms with Crippen LogP contribution in [0.25, 0.3) is 11.4 Å². The monoisotopic (exact) mass is 382 g/mol. The second-order valence-corrected chi connectivity index (χ2v) is 7.27. The number of thioether (sulfide) groups is 1. The molecule has 0 saturated heterocycles. The van der Waals surface area contributed by atoms with Gasteiger partial charge in [-0.05, 0) is 43.7 Å². The highest BCUT2D eigenvalue weighted by atomic mass is 32.2. The smallest absolute Gasteiger partial charge is 0.227 e. The molecule has 3 aromatic rings. The number of primary amides is 1. The number of ether oxygens (including phenoxy) is 1. The van der Waals surface area contributed by atoms with E-state index in [1.54, 1.807) is 0 Å². The first-order chi connectivity index (χ1) is 13.0. The number of carbonyl (C=O) groups is 1. The molecule has 0 aliphatic carbocycles. The van der Waals surface area contributed by atoms with Gasteiger partial charge in [0.2, 0.25) is 5.91 Å². The van der Waals surface area contributed by atoms with E-state index in [-0.39, 0.29) is 17.8 Å². The third kappa shape index (κ3) is 5.10. The van der Waals surface area contributed by atoms with Gasteiger partial charge in [-0.2, -0.15) is 0 Å². The van der Waals surface area contributed by atoms with Crippen molar-refractivity contribution in [3.63, 3.8) is 0 Å². The number of hydrogen-bond donors (Lipinski definition) is 1. The van der Waals surface area contributed by atoms with Gasteiger partial charge in [0.1, 0.15) is 5.75 Å². The van der Waals surface area contributed by atoms with Crippen LogP contribution in [0.5, 0.6) is 5.75 Å². The number of benzene rings is 2. The molecule has 27 heavy (non-hydrogen) atoms. The van der Waals surface area contributed by atoms with Gasteiger partial charge in [0, 0.05) is 5.56 Å². The predicted octanol–water partition coefficient (Wildman–Crippen LogP) is 3.36. The molecular weight excluding hydrogens is 360 g/mol. The first-order valence-electron chi connectivity index (χ1n) is 8.68. The molecule has 3 rings (SSSR count). The fraction of sp³-hybridized carbons (Fsp3) is 0.250. The molecule has 7 heteroatoms. The fourth-order valence-corrected chi connectivity index (χ4v) is 3.28. The number of nitrogens with two attached hydrogens (primary N) is 1. The Morgan fingerprint density at radius 3 is 2.44 bits per heavy atom. The standard InChI is InChI=1S/C20H22N4O2S/c1-14(2)26-17-10-8-16(9-11-17)19-22-23-20(27-13-18(21)25)24(19)12-15-6-4-3-5-7-15/h3-11,14H,12-13H2,1-2H3,(H2,21,25). The topological polar surface area (TPSA) is 83.0 Å². The third-order valence-corrected chi connectivity index (χ3v) is 4.72. The van der Waals surface area contributed by atoms with Crippen molar-refractivity contribution in [1.29, 1.82) is 0 Å². The molecule has 0 aliphatic heterocycles. The maximum Gasteiger partial charge on any atom is 0.227 e. The quantitative estimate of drug-likeness (QED) is 0.604. The van der Waals surface area contributed by atoms with Gasteiger partial charge in [-0.1, -0.05) is 42.1 Å². The Bertz CT molecular complexity index is 892. The van der Waals surface area contributed by atoms with E-state index >= 15 is 0 Å². The Kier molecular flexibility index (Phi) is 6.13. The molecule has 0 saturated carbocycles. The van der Waals surface area contributed by atoms with Crippen molar-refractivity contribution >= 4 is 17.7 Å². The van der Waals surface area contributed by atoms with Crippen LogP contribution in [0.3, 0.4) is 0 Å². The molecular formula is C20H22N4O2S. The summed E-state index contributed by atoms with van der Waals surface area (Å²) in [5.41, 5.74) is 7.34. The minimum absolute atomic E-state index is 0.120. The number of rotatable bonds is 8. The van der Waals surface area contributed by atoms with Crippen LogP contribution < -0.4 is 10.5 Å². The van der Waals surface area contributed by atoms with Gasteiger partial charge < -0.3 is 10.5 Å². The summed E-state index contributed by atoms with van der Waals surface area (Å²) < 4.78 is 7.70. The van der Waals surface area contributed by atoms with Gasteiger partial charge in [0.25, 0.3) is 0 Å².